The molecular weight excluding hydrogens is 296 g/mol. The van der Waals surface area contributed by atoms with Crippen LogP contribution in [0.15, 0.2) is 36.4 Å². The lowest BCUT2D eigenvalue weighted by molar-refractivity contribution is -0.383. The maximum Gasteiger partial charge on any atom is 0.293 e. The lowest BCUT2D eigenvalue weighted by Gasteiger charge is -2.11. The summed E-state index contributed by atoms with van der Waals surface area (Å²) < 4.78 is 5.01. The number of nitrogens with zero attached hydrogens (tertiary/aromatic N) is 1. The number of hydrogen-bond acceptors (Lipinski definition) is 5. The van der Waals surface area contributed by atoms with Crippen LogP contribution >= 0.6 is 11.6 Å². The van der Waals surface area contributed by atoms with Crippen LogP contribution in [0.1, 0.15) is 5.56 Å². The highest BCUT2D eigenvalue weighted by molar-refractivity contribution is 6.30. The number of halogens is 1. The maximum atomic E-state index is 11.0. The summed E-state index contributed by atoms with van der Waals surface area (Å²) in [5.74, 6) is 0.351. The van der Waals surface area contributed by atoms with Gasteiger partial charge in [0.15, 0.2) is 11.5 Å². The van der Waals surface area contributed by atoms with Gasteiger partial charge in [0.2, 0.25) is 0 Å². The first-order valence-corrected chi connectivity index (χ1v) is 6.43. The molecule has 2 rings (SSSR count). The number of nitro benzene ring substituents is 1. The van der Waals surface area contributed by atoms with Crippen molar-refractivity contribution in [3.05, 3.63) is 57.1 Å². The van der Waals surface area contributed by atoms with E-state index in [1.807, 2.05) is 0 Å². The molecule has 2 N–H and O–H groups in total. The van der Waals surface area contributed by atoms with E-state index in [-0.39, 0.29) is 23.0 Å². The van der Waals surface area contributed by atoms with Gasteiger partial charge in [-0.05, 0) is 18.2 Å². The fourth-order valence-corrected chi connectivity index (χ4v) is 2.04. The van der Waals surface area contributed by atoms with Crippen LogP contribution < -0.4 is 10.1 Å². The molecule has 0 atom stereocenters. The van der Waals surface area contributed by atoms with E-state index in [1.165, 1.54) is 19.2 Å². The Labute approximate surface area is 126 Å². The number of ether oxygens (including phenoxy) is 1. The van der Waals surface area contributed by atoms with Crippen LogP contribution in [0, 0.1) is 10.1 Å². The predicted octanol–water partition coefficient (Wildman–Crippen LogP) is 3.57. The van der Waals surface area contributed by atoms with Gasteiger partial charge in [-0.1, -0.05) is 23.7 Å². The van der Waals surface area contributed by atoms with Crippen LogP contribution in [0.4, 0.5) is 11.4 Å². The fourth-order valence-electron chi connectivity index (χ4n) is 1.87. The van der Waals surface area contributed by atoms with Crippen LogP contribution in [0.3, 0.4) is 0 Å². The molecule has 0 amide bonds. The standard InChI is InChI=1S/C14H13ClN2O4/c1-21-13-4-2-3-9(14(13)18)8-16-11-6-5-10(15)7-12(11)17(19)20/h2-7,16,18H,8H2,1H3. The minimum Gasteiger partial charge on any atom is -0.504 e. The third-order valence-corrected chi connectivity index (χ3v) is 3.16. The van der Waals surface area contributed by atoms with Gasteiger partial charge in [0, 0.05) is 23.2 Å². The molecule has 110 valence electrons. The number of benzene rings is 2. The zero-order chi connectivity index (χ0) is 15.4. The number of rotatable bonds is 5. The molecule has 7 heteroatoms. The molecule has 2 aromatic carbocycles. The van der Waals surface area contributed by atoms with E-state index >= 15 is 0 Å². The monoisotopic (exact) mass is 308 g/mol. The lowest BCUT2D eigenvalue weighted by atomic mass is 10.1. The summed E-state index contributed by atoms with van der Waals surface area (Å²) in [5, 5.41) is 24.2. The Hall–Kier alpha value is -2.47. The largest absolute Gasteiger partial charge is 0.504 e. The molecule has 0 saturated carbocycles. The molecule has 0 heterocycles. The Morgan fingerprint density at radius 1 is 1.38 bits per heavy atom. The van der Waals surface area contributed by atoms with Gasteiger partial charge >= 0.3 is 0 Å². The van der Waals surface area contributed by atoms with Gasteiger partial charge in [0.05, 0.1) is 12.0 Å². The quantitative estimate of drug-likeness (QED) is 0.651. The summed E-state index contributed by atoms with van der Waals surface area (Å²) in [4.78, 5) is 10.5. The van der Waals surface area contributed by atoms with E-state index in [2.05, 4.69) is 5.32 Å². The Morgan fingerprint density at radius 3 is 2.81 bits per heavy atom. The Balaban J connectivity index is 2.23. The number of para-hydroxylation sites is 1. The second-order valence-corrected chi connectivity index (χ2v) is 4.68. The average Bonchev–Trinajstić information content (AvgIpc) is 2.47. The third-order valence-electron chi connectivity index (χ3n) is 2.93. The first-order chi connectivity index (χ1) is 10.0. The summed E-state index contributed by atoms with van der Waals surface area (Å²) in [6.07, 6.45) is 0. The number of methoxy groups -OCH3 is 1. The summed E-state index contributed by atoms with van der Waals surface area (Å²) in [6, 6.07) is 9.41. The van der Waals surface area contributed by atoms with Crippen LogP contribution in [-0.2, 0) is 6.54 Å². The minimum absolute atomic E-state index is 0.00381. The third kappa shape index (κ3) is 3.35. The molecule has 0 saturated heterocycles. The van der Waals surface area contributed by atoms with E-state index in [0.717, 1.165) is 0 Å². The van der Waals surface area contributed by atoms with Crippen LogP contribution in [-0.4, -0.2) is 17.1 Å². The van der Waals surface area contributed by atoms with Gasteiger partial charge in [0.1, 0.15) is 5.69 Å². The van der Waals surface area contributed by atoms with Crippen LogP contribution in [0.25, 0.3) is 0 Å². The van der Waals surface area contributed by atoms with Crippen molar-refractivity contribution < 1.29 is 14.8 Å². The Kier molecular flexibility index (Phi) is 4.49. The highest BCUT2D eigenvalue weighted by Gasteiger charge is 2.15. The SMILES string of the molecule is COc1cccc(CNc2ccc(Cl)cc2[N+](=O)[O-])c1O. The predicted molar refractivity (Wildman–Crippen MR) is 80.1 cm³/mol. The van der Waals surface area contributed by atoms with Gasteiger partial charge in [0.25, 0.3) is 5.69 Å². The van der Waals surface area contributed by atoms with Gasteiger partial charge in [-0.25, -0.2) is 0 Å². The van der Waals surface area contributed by atoms with Crippen molar-refractivity contribution in [2.24, 2.45) is 0 Å². The zero-order valence-electron chi connectivity index (χ0n) is 11.2. The summed E-state index contributed by atoms with van der Waals surface area (Å²) in [5.41, 5.74) is 0.773. The van der Waals surface area contributed by atoms with Crippen molar-refractivity contribution in [3.63, 3.8) is 0 Å². The van der Waals surface area contributed by atoms with E-state index in [9.17, 15) is 15.2 Å². The second-order valence-electron chi connectivity index (χ2n) is 4.24. The Morgan fingerprint density at radius 2 is 2.14 bits per heavy atom. The molecule has 0 aromatic heterocycles. The first kappa shape index (κ1) is 14.9. The minimum atomic E-state index is -0.514. The normalized spacial score (nSPS) is 10.2. The number of nitrogens with one attached hydrogen (secondary N) is 1. The summed E-state index contributed by atoms with van der Waals surface area (Å²) >= 11 is 5.75. The van der Waals surface area contributed by atoms with Crippen LogP contribution in [0.2, 0.25) is 5.02 Å². The van der Waals surface area contributed by atoms with Gasteiger partial charge in [-0.3, -0.25) is 10.1 Å². The van der Waals surface area contributed by atoms with Crippen molar-refractivity contribution in [3.8, 4) is 11.5 Å². The zero-order valence-corrected chi connectivity index (χ0v) is 11.9. The van der Waals surface area contributed by atoms with Gasteiger partial charge in [-0.2, -0.15) is 0 Å². The number of hydrogen-bond donors (Lipinski definition) is 2. The Bertz CT molecular complexity index is 676. The number of phenols is 1. The van der Waals surface area contributed by atoms with Gasteiger partial charge < -0.3 is 15.2 Å². The van der Waals surface area contributed by atoms with Crippen molar-refractivity contribution in [2.45, 2.75) is 6.54 Å². The van der Waals surface area contributed by atoms with Crippen molar-refractivity contribution >= 4 is 23.0 Å². The van der Waals surface area contributed by atoms with E-state index < -0.39 is 4.92 Å². The molecular formula is C14H13ClN2O4. The molecule has 0 aliphatic carbocycles. The molecule has 0 spiro atoms. The molecule has 0 aliphatic rings. The van der Waals surface area contributed by atoms with Crippen molar-refractivity contribution in [1.29, 1.82) is 0 Å². The highest BCUT2D eigenvalue weighted by atomic mass is 35.5. The summed E-state index contributed by atoms with van der Waals surface area (Å²) in [7, 11) is 1.45. The molecule has 2 aromatic rings. The van der Waals surface area contributed by atoms with Crippen LogP contribution in [0.5, 0.6) is 11.5 Å². The highest BCUT2D eigenvalue weighted by Crippen LogP contribution is 2.32. The lowest BCUT2D eigenvalue weighted by Crippen LogP contribution is -2.03. The molecule has 0 aliphatic heterocycles. The average molecular weight is 309 g/mol. The van der Waals surface area contributed by atoms with Crippen molar-refractivity contribution in [1.82, 2.24) is 0 Å². The molecule has 6 nitrogen and oxygen atoms in total. The molecule has 0 radical (unpaired) electrons. The molecule has 0 bridgehead atoms. The number of anilines is 1. The van der Waals surface area contributed by atoms with E-state index in [4.69, 9.17) is 16.3 Å². The molecule has 0 unspecified atom stereocenters. The fraction of sp³-hybridized carbons (Fsp3) is 0.143. The van der Waals surface area contributed by atoms with E-state index in [1.54, 1.807) is 24.3 Å². The topological polar surface area (TPSA) is 84.6 Å². The number of phenolic OH excluding ortho intramolecular Hbond substituents is 1. The molecule has 0 fully saturated rings. The number of aromatic hydroxyl groups is 1. The maximum absolute atomic E-state index is 11.0. The second kappa shape index (κ2) is 6.32. The van der Waals surface area contributed by atoms with Crippen molar-refractivity contribution in [2.75, 3.05) is 12.4 Å². The first-order valence-electron chi connectivity index (χ1n) is 6.05. The van der Waals surface area contributed by atoms with Gasteiger partial charge in [-0.15, -0.1) is 0 Å². The summed E-state index contributed by atoms with van der Waals surface area (Å²) in [6.45, 7) is 0.214. The number of nitro groups is 1. The smallest absolute Gasteiger partial charge is 0.293 e. The molecule has 21 heavy (non-hydrogen) atoms. The van der Waals surface area contributed by atoms with E-state index in [0.29, 0.717) is 17.0 Å².